The zero-order valence-electron chi connectivity index (χ0n) is 18.4. The van der Waals surface area contributed by atoms with Gasteiger partial charge >= 0.3 is 0 Å². The maximum absolute atomic E-state index is 13.1. The highest BCUT2D eigenvalue weighted by Crippen LogP contribution is 2.35. The molecule has 166 valence electrons. The van der Waals surface area contributed by atoms with Crippen LogP contribution in [-0.2, 0) is 13.1 Å². The summed E-state index contributed by atoms with van der Waals surface area (Å²) in [6, 6.07) is 14.7. The maximum atomic E-state index is 13.1. The van der Waals surface area contributed by atoms with Gasteiger partial charge in [0.05, 0.1) is 6.04 Å². The summed E-state index contributed by atoms with van der Waals surface area (Å²) in [5, 5.41) is 4.03. The van der Waals surface area contributed by atoms with E-state index in [-0.39, 0.29) is 11.9 Å². The van der Waals surface area contributed by atoms with Crippen molar-refractivity contribution in [2.75, 3.05) is 13.1 Å². The molecule has 0 aliphatic carbocycles. The monoisotopic (exact) mass is 447 g/mol. The summed E-state index contributed by atoms with van der Waals surface area (Å²) in [4.78, 5) is 17.6. The van der Waals surface area contributed by atoms with Gasteiger partial charge < -0.3 is 10.2 Å². The zero-order chi connectivity index (χ0) is 22.2. The number of likely N-dealkylation sites (tertiary alicyclic amines) is 1. The van der Waals surface area contributed by atoms with Gasteiger partial charge in [0, 0.05) is 35.1 Å². The molecule has 2 aromatic carbocycles. The highest BCUT2D eigenvalue weighted by atomic mass is 35.5. The molecule has 3 heterocycles. The van der Waals surface area contributed by atoms with E-state index in [2.05, 4.69) is 47.6 Å². The van der Waals surface area contributed by atoms with E-state index in [1.807, 2.05) is 23.1 Å². The molecule has 5 heteroatoms. The number of amides is 1. The largest absolute Gasteiger partial charge is 0.362 e. The van der Waals surface area contributed by atoms with Gasteiger partial charge in [-0.15, -0.1) is 0 Å². The molecule has 1 atom stereocenters. The second kappa shape index (κ2) is 8.76. The van der Waals surface area contributed by atoms with Crippen LogP contribution in [0, 0.1) is 0 Å². The van der Waals surface area contributed by atoms with Crippen LogP contribution in [-0.4, -0.2) is 34.8 Å². The number of piperidine rings is 2. The number of halogens is 1. The van der Waals surface area contributed by atoms with Crippen molar-refractivity contribution in [2.24, 2.45) is 0 Å². The average molecular weight is 448 g/mol. The molecular weight excluding hydrogens is 418 g/mol. The Morgan fingerprint density at radius 1 is 1.03 bits per heavy atom. The molecule has 2 fully saturated rings. The number of hydrogen-bond acceptors (Lipinski definition) is 3. The number of rotatable bonds is 4. The van der Waals surface area contributed by atoms with Gasteiger partial charge in [0.25, 0.3) is 5.91 Å². The Morgan fingerprint density at radius 2 is 1.78 bits per heavy atom. The van der Waals surface area contributed by atoms with E-state index in [9.17, 15) is 4.79 Å². The number of benzene rings is 2. The first-order valence-corrected chi connectivity index (χ1v) is 11.9. The lowest BCUT2D eigenvalue weighted by Crippen LogP contribution is -2.43. The summed E-state index contributed by atoms with van der Waals surface area (Å²) >= 11 is 6.01. The fourth-order valence-electron chi connectivity index (χ4n) is 5.34. The van der Waals surface area contributed by atoms with Crippen LogP contribution in [0.1, 0.15) is 58.6 Å². The molecule has 3 aliphatic rings. The first-order valence-electron chi connectivity index (χ1n) is 11.5. The third-order valence-corrected chi connectivity index (χ3v) is 7.43. The normalized spacial score (nSPS) is 22.2. The number of hydrogen-bond donors (Lipinski definition) is 1. The summed E-state index contributed by atoms with van der Waals surface area (Å²) in [5.74, 6) is 0.686. The highest BCUT2D eigenvalue weighted by Gasteiger charge is 2.36. The SMILES string of the molecule is C=C1CCC(N2Cc3cc(C4CCN(Cc5ccc(Cl)cc5)CC4)ccc3C2=O)C(=C)N1. The fourth-order valence-corrected chi connectivity index (χ4v) is 5.47. The molecule has 0 bridgehead atoms. The van der Waals surface area contributed by atoms with Crippen molar-refractivity contribution in [3.8, 4) is 0 Å². The van der Waals surface area contributed by atoms with Crippen molar-refractivity contribution < 1.29 is 4.79 Å². The minimum atomic E-state index is 0.0416. The Morgan fingerprint density at radius 3 is 2.50 bits per heavy atom. The minimum absolute atomic E-state index is 0.0416. The summed E-state index contributed by atoms with van der Waals surface area (Å²) in [5.41, 5.74) is 6.57. The first kappa shape index (κ1) is 21.3. The molecule has 5 rings (SSSR count). The lowest BCUT2D eigenvalue weighted by molar-refractivity contribution is 0.0711. The van der Waals surface area contributed by atoms with Gasteiger partial charge in [0.2, 0.25) is 0 Å². The Balaban J connectivity index is 1.22. The first-order chi connectivity index (χ1) is 15.5. The third kappa shape index (κ3) is 4.22. The van der Waals surface area contributed by atoms with Crippen LogP contribution in [0.2, 0.25) is 5.02 Å². The number of carbonyl (C=O) groups excluding carboxylic acids is 1. The van der Waals surface area contributed by atoms with Gasteiger partial charge in [-0.25, -0.2) is 0 Å². The Kier molecular flexibility index (Phi) is 5.83. The van der Waals surface area contributed by atoms with Crippen molar-refractivity contribution in [3.05, 3.63) is 94.3 Å². The van der Waals surface area contributed by atoms with E-state index in [1.54, 1.807) is 0 Å². The molecular formula is C27H30ClN3O. The van der Waals surface area contributed by atoms with Gasteiger partial charge in [0.15, 0.2) is 0 Å². The molecule has 2 aromatic rings. The zero-order valence-corrected chi connectivity index (χ0v) is 19.2. The van der Waals surface area contributed by atoms with Crippen LogP contribution in [0.4, 0.5) is 0 Å². The van der Waals surface area contributed by atoms with Crippen molar-refractivity contribution in [2.45, 2.75) is 50.7 Å². The summed E-state index contributed by atoms with van der Waals surface area (Å²) in [6.07, 6.45) is 4.07. The quantitative estimate of drug-likeness (QED) is 0.676. The number of allylic oxidation sites excluding steroid dienone is 1. The van der Waals surface area contributed by atoms with Crippen LogP contribution in [0.3, 0.4) is 0 Å². The Labute approximate surface area is 195 Å². The molecule has 1 unspecified atom stereocenters. The van der Waals surface area contributed by atoms with E-state index < -0.39 is 0 Å². The van der Waals surface area contributed by atoms with Gasteiger partial charge in [-0.05, 0) is 79.6 Å². The molecule has 32 heavy (non-hydrogen) atoms. The predicted octanol–water partition coefficient (Wildman–Crippen LogP) is 5.45. The van der Waals surface area contributed by atoms with E-state index in [0.29, 0.717) is 12.5 Å². The molecule has 1 amide bonds. The standard InChI is InChI=1S/C27H30ClN3O/c1-18-3-10-26(19(2)29-18)31-17-23-15-22(6-9-25(23)27(31)32)21-11-13-30(14-12-21)16-20-4-7-24(28)8-5-20/h4-9,15,21,26,29H,1-3,10-14,16-17H2. The predicted molar refractivity (Wildman–Crippen MR) is 129 cm³/mol. The van der Waals surface area contributed by atoms with Crippen molar-refractivity contribution in [1.82, 2.24) is 15.1 Å². The van der Waals surface area contributed by atoms with E-state index in [1.165, 1.54) is 11.1 Å². The van der Waals surface area contributed by atoms with Crippen LogP contribution < -0.4 is 5.32 Å². The van der Waals surface area contributed by atoms with Gasteiger partial charge in [-0.2, -0.15) is 0 Å². The van der Waals surface area contributed by atoms with Crippen LogP contribution in [0.5, 0.6) is 0 Å². The molecule has 0 radical (unpaired) electrons. The van der Waals surface area contributed by atoms with E-state index in [4.69, 9.17) is 11.6 Å². The van der Waals surface area contributed by atoms with Gasteiger partial charge in [-0.3, -0.25) is 9.69 Å². The lowest BCUT2D eigenvalue weighted by atomic mass is 9.87. The second-order valence-electron chi connectivity index (χ2n) is 9.33. The smallest absolute Gasteiger partial charge is 0.255 e. The molecule has 4 nitrogen and oxygen atoms in total. The number of fused-ring (bicyclic) bond motifs is 1. The average Bonchev–Trinajstić information content (AvgIpc) is 3.11. The summed E-state index contributed by atoms with van der Waals surface area (Å²) < 4.78 is 0. The minimum Gasteiger partial charge on any atom is -0.362 e. The van der Waals surface area contributed by atoms with Crippen LogP contribution in [0.25, 0.3) is 0 Å². The van der Waals surface area contributed by atoms with Crippen molar-refractivity contribution in [1.29, 1.82) is 0 Å². The molecule has 3 aliphatic heterocycles. The highest BCUT2D eigenvalue weighted by molar-refractivity contribution is 6.30. The number of nitrogens with one attached hydrogen (secondary N) is 1. The lowest BCUT2D eigenvalue weighted by Gasteiger charge is -2.34. The molecule has 0 saturated carbocycles. The number of carbonyl (C=O) groups is 1. The molecule has 0 spiro atoms. The third-order valence-electron chi connectivity index (χ3n) is 7.18. The van der Waals surface area contributed by atoms with Crippen molar-refractivity contribution >= 4 is 17.5 Å². The van der Waals surface area contributed by atoms with Crippen LogP contribution in [0.15, 0.2) is 67.0 Å². The van der Waals surface area contributed by atoms with Crippen LogP contribution >= 0.6 is 11.6 Å². The van der Waals surface area contributed by atoms with Crippen molar-refractivity contribution in [3.63, 3.8) is 0 Å². The Hall–Kier alpha value is -2.56. The second-order valence-corrected chi connectivity index (χ2v) is 9.77. The fraction of sp³-hybridized carbons (Fsp3) is 0.370. The van der Waals surface area contributed by atoms with E-state index >= 15 is 0 Å². The Bertz CT molecular complexity index is 1050. The molecule has 1 N–H and O–H groups in total. The summed E-state index contributed by atoms with van der Waals surface area (Å²) in [7, 11) is 0. The van der Waals surface area contributed by atoms with E-state index in [0.717, 1.165) is 72.9 Å². The summed E-state index contributed by atoms with van der Waals surface area (Å²) in [6.45, 7) is 12.0. The number of nitrogens with zero attached hydrogens (tertiary/aromatic N) is 2. The molecule has 2 saturated heterocycles. The van der Waals surface area contributed by atoms with Gasteiger partial charge in [-0.1, -0.05) is 49.0 Å². The van der Waals surface area contributed by atoms with Gasteiger partial charge in [0.1, 0.15) is 0 Å². The molecule has 0 aromatic heterocycles. The topological polar surface area (TPSA) is 35.6 Å². The maximum Gasteiger partial charge on any atom is 0.255 e.